The molecule has 0 saturated heterocycles. The van der Waals surface area contributed by atoms with Gasteiger partial charge in [-0.05, 0) is 42.5 Å². The third-order valence-corrected chi connectivity index (χ3v) is 6.15. The predicted octanol–water partition coefficient (Wildman–Crippen LogP) is 4.67. The summed E-state index contributed by atoms with van der Waals surface area (Å²) in [6, 6.07) is 17.0. The molecule has 0 fully saturated rings. The number of hydrogen-bond donors (Lipinski definition) is 2. The number of aromatic nitrogens is 1. The SMILES string of the molecule is COc1ccc(S(=O)(=O)Nc2cc(N=NC(=O)c3cccnc3)c(O)c3ccccc23)cc1. The van der Waals surface area contributed by atoms with Crippen molar-refractivity contribution in [3.8, 4) is 11.5 Å². The normalized spacial score (nSPS) is 11.5. The fourth-order valence-corrected chi connectivity index (χ4v) is 4.18. The van der Waals surface area contributed by atoms with Gasteiger partial charge in [-0.3, -0.25) is 14.5 Å². The smallest absolute Gasteiger partial charge is 0.296 e. The van der Waals surface area contributed by atoms with Crippen LogP contribution in [-0.4, -0.2) is 31.5 Å². The van der Waals surface area contributed by atoms with Gasteiger partial charge in [0.2, 0.25) is 0 Å². The molecule has 0 saturated carbocycles. The molecule has 0 aliphatic carbocycles. The van der Waals surface area contributed by atoms with Crippen molar-refractivity contribution in [2.45, 2.75) is 4.90 Å². The summed E-state index contributed by atoms with van der Waals surface area (Å²) in [7, 11) is -2.48. The minimum absolute atomic E-state index is 0.0235. The molecule has 0 aliphatic heterocycles. The summed E-state index contributed by atoms with van der Waals surface area (Å²) >= 11 is 0. The number of pyridine rings is 1. The topological polar surface area (TPSA) is 130 Å². The molecule has 33 heavy (non-hydrogen) atoms. The number of azo groups is 1. The Morgan fingerprint density at radius 2 is 1.76 bits per heavy atom. The van der Waals surface area contributed by atoms with Gasteiger partial charge in [-0.15, -0.1) is 10.2 Å². The van der Waals surface area contributed by atoms with E-state index in [4.69, 9.17) is 4.74 Å². The number of ether oxygens (including phenoxy) is 1. The lowest BCUT2D eigenvalue weighted by Gasteiger charge is -2.13. The summed E-state index contributed by atoms with van der Waals surface area (Å²) in [6.45, 7) is 0. The zero-order valence-electron chi connectivity index (χ0n) is 17.3. The van der Waals surface area contributed by atoms with Crippen LogP contribution in [0.25, 0.3) is 10.8 Å². The first kappa shape index (κ1) is 21.9. The van der Waals surface area contributed by atoms with Gasteiger partial charge >= 0.3 is 0 Å². The van der Waals surface area contributed by atoms with Gasteiger partial charge in [0, 0.05) is 23.2 Å². The average Bonchev–Trinajstić information content (AvgIpc) is 2.85. The molecule has 4 rings (SSSR count). The molecule has 0 atom stereocenters. The Morgan fingerprint density at radius 1 is 1.03 bits per heavy atom. The Kier molecular flexibility index (Phi) is 6.01. The van der Waals surface area contributed by atoms with E-state index in [1.54, 1.807) is 30.3 Å². The van der Waals surface area contributed by atoms with E-state index in [0.29, 0.717) is 16.5 Å². The summed E-state index contributed by atoms with van der Waals surface area (Å²) in [5.74, 6) is -0.373. The highest BCUT2D eigenvalue weighted by atomic mass is 32.2. The first-order valence-corrected chi connectivity index (χ1v) is 11.1. The van der Waals surface area contributed by atoms with Crippen molar-refractivity contribution < 1.29 is 23.1 Å². The van der Waals surface area contributed by atoms with Crippen molar-refractivity contribution in [2.24, 2.45) is 10.2 Å². The molecular weight excluding hydrogens is 444 g/mol. The van der Waals surface area contributed by atoms with E-state index < -0.39 is 15.9 Å². The number of phenolic OH excluding ortho intramolecular Hbond substituents is 1. The highest BCUT2D eigenvalue weighted by Gasteiger charge is 2.19. The maximum absolute atomic E-state index is 13.0. The van der Waals surface area contributed by atoms with Crippen molar-refractivity contribution >= 4 is 38.1 Å². The number of phenols is 1. The van der Waals surface area contributed by atoms with Crippen LogP contribution in [0.2, 0.25) is 0 Å². The fourth-order valence-electron chi connectivity index (χ4n) is 3.11. The molecule has 1 aromatic heterocycles. The van der Waals surface area contributed by atoms with Gasteiger partial charge in [0.05, 0.1) is 23.3 Å². The quantitative estimate of drug-likeness (QED) is 0.316. The summed E-state index contributed by atoms with van der Waals surface area (Å²) < 4.78 is 33.5. The number of nitrogens with zero attached hydrogens (tertiary/aromatic N) is 3. The maximum atomic E-state index is 13.0. The van der Waals surface area contributed by atoms with Crippen molar-refractivity contribution in [1.29, 1.82) is 0 Å². The molecule has 9 nitrogen and oxygen atoms in total. The van der Waals surface area contributed by atoms with Crippen LogP contribution in [0, 0.1) is 0 Å². The number of benzene rings is 3. The van der Waals surface area contributed by atoms with Crippen LogP contribution in [0.3, 0.4) is 0 Å². The number of amides is 1. The van der Waals surface area contributed by atoms with Crippen LogP contribution in [-0.2, 0) is 10.0 Å². The number of anilines is 1. The van der Waals surface area contributed by atoms with E-state index in [1.807, 2.05) is 0 Å². The number of sulfonamides is 1. The third-order valence-electron chi connectivity index (χ3n) is 4.77. The van der Waals surface area contributed by atoms with Gasteiger partial charge in [0.15, 0.2) is 5.75 Å². The minimum atomic E-state index is -3.97. The number of nitrogens with one attached hydrogen (secondary N) is 1. The van der Waals surface area contributed by atoms with Crippen molar-refractivity contribution in [3.05, 3.63) is 84.7 Å². The average molecular weight is 462 g/mol. The van der Waals surface area contributed by atoms with Crippen molar-refractivity contribution in [1.82, 2.24) is 4.98 Å². The Labute approximate surface area is 189 Å². The number of carbonyl (C=O) groups excluding carboxylic acids is 1. The van der Waals surface area contributed by atoms with Gasteiger partial charge in [-0.2, -0.15) is 0 Å². The number of hydrogen-bond acceptors (Lipinski definition) is 7. The summed E-state index contributed by atoms with van der Waals surface area (Å²) in [4.78, 5) is 16.1. The predicted molar refractivity (Wildman–Crippen MR) is 122 cm³/mol. The van der Waals surface area contributed by atoms with Gasteiger partial charge in [-0.25, -0.2) is 8.42 Å². The first-order valence-electron chi connectivity index (χ1n) is 9.67. The number of carbonyl (C=O) groups is 1. The standard InChI is InChI=1S/C23H18N4O5S/c1-32-16-8-10-17(11-9-16)33(30,31)27-20-13-21(22(28)19-7-3-2-6-18(19)20)25-26-23(29)15-5-4-12-24-14-15/h2-14,27-28H,1H3. The van der Waals surface area contributed by atoms with E-state index in [0.717, 1.165) is 0 Å². The highest BCUT2D eigenvalue weighted by Crippen LogP contribution is 2.40. The van der Waals surface area contributed by atoms with Crippen LogP contribution >= 0.6 is 0 Å². The maximum Gasteiger partial charge on any atom is 0.296 e. The first-order chi connectivity index (χ1) is 15.9. The largest absolute Gasteiger partial charge is 0.505 e. The Balaban J connectivity index is 1.74. The molecule has 2 N–H and O–H groups in total. The monoisotopic (exact) mass is 462 g/mol. The second kappa shape index (κ2) is 9.05. The van der Waals surface area contributed by atoms with E-state index in [9.17, 15) is 18.3 Å². The van der Waals surface area contributed by atoms with Crippen molar-refractivity contribution in [3.63, 3.8) is 0 Å². The fraction of sp³-hybridized carbons (Fsp3) is 0.0435. The van der Waals surface area contributed by atoms with E-state index in [2.05, 4.69) is 19.9 Å². The Morgan fingerprint density at radius 3 is 2.42 bits per heavy atom. The van der Waals surface area contributed by atoms with Gasteiger partial charge < -0.3 is 9.84 Å². The number of aromatic hydroxyl groups is 1. The lowest BCUT2D eigenvalue weighted by Crippen LogP contribution is -2.13. The third kappa shape index (κ3) is 4.65. The lowest BCUT2D eigenvalue weighted by molar-refractivity contribution is 0.0994. The number of rotatable bonds is 6. The molecule has 3 aromatic carbocycles. The van der Waals surface area contributed by atoms with Gasteiger partial charge in [0.25, 0.3) is 15.9 Å². The molecule has 10 heteroatoms. The molecule has 1 amide bonds. The number of methoxy groups -OCH3 is 1. The summed E-state index contributed by atoms with van der Waals surface area (Å²) in [5, 5.41) is 19.0. The lowest BCUT2D eigenvalue weighted by atomic mass is 10.1. The zero-order chi connectivity index (χ0) is 23.4. The molecule has 166 valence electrons. The summed E-state index contributed by atoms with van der Waals surface area (Å²) in [5.41, 5.74) is 0.322. The van der Waals surface area contributed by atoms with Gasteiger partial charge in [-0.1, -0.05) is 24.3 Å². The van der Waals surface area contributed by atoms with E-state index >= 15 is 0 Å². The highest BCUT2D eigenvalue weighted by molar-refractivity contribution is 7.92. The molecule has 0 bridgehead atoms. The van der Waals surface area contributed by atoms with Crippen LogP contribution in [0.1, 0.15) is 10.4 Å². The number of fused-ring (bicyclic) bond motifs is 1. The van der Waals surface area contributed by atoms with Crippen LogP contribution in [0.15, 0.2) is 94.2 Å². The Bertz CT molecular complexity index is 1450. The minimum Gasteiger partial charge on any atom is -0.505 e. The van der Waals surface area contributed by atoms with E-state index in [-0.39, 0.29) is 27.6 Å². The van der Waals surface area contributed by atoms with Crippen LogP contribution in [0.4, 0.5) is 11.4 Å². The van der Waals surface area contributed by atoms with Crippen molar-refractivity contribution in [2.75, 3.05) is 11.8 Å². The van der Waals surface area contributed by atoms with Gasteiger partial charge in [0.1, 0.15) is 11.4 Å². The molecule has 0 aliphatic rings. The summed E-state index contributed by atoms with van der Waals surface area (Å²) in [6.07, 6.45) is 2.86. The molecule has 0 radical (unpaired) electrons. The van der Waals surface area contributed by atoms with Crippen LogP contribution < -0.4 is 9.46 Å². The van der Waals surface area contributed by atoms with E-state index in [1.165, 1.54) is 55.9 Å². The molecule has 0 unspecified atom stereocenters. The molecule has 4 aromatic rings. The second-order valence-electron chi connectivity index (χ2n) is 6.87. The second-order valence-corrected chi connectivity index (χ2v) is 8.55. The zero-order valence-corrected chi connectivity index (χ0v) is 18.2. The Hall–Kier alpha value is -4.31. The van der Waals surface area contributed by atoms with Crippen LogP contribution in [0.5, 0.6) is 11.5 Å². The molecule has 1 heterocycles. The molecular formula is C23H18N4O5S. The molecule has 0 spiro atoms.